The first kappa shape index (κ1) is 13.1. The van der Waals surface area contributed by atoms with Crippen molar-refractivity contribution >= 4 is 17.7 Å². The minimum atomic E-state index is -0.128. The van der Waals surface area contributed by atoms with Gasteiger partial charge in [0.1, 0.15) is 0 Å². The van der Waals surface area contributed by atoms with Gasteiger partial charge in [0.05, 0.1) is 7.11 Å². The highest BCUT2D eigenvalue weighted by Gasteiger charge is 2.10. The lowest BCUT2D eigenvalue weighted by Gasteiger charge is -2.13. The molecule has 16 heavy (non-hydrogen) atoms. The Bertz CT molecular complexity index is 337. The van der Waals surface area contributed by atoms with Crippen molar-refractivity contribution in [2.75, 3.05) is 19.9 Å². The zero-order valence-electron chi connectivity index (χ0n) is 9.90. The van der Waals surface area contributed by atoms with Crippen LogP contribution in [0.2, 0.25) is 0 Å². The van der Waals surface area contributed by atoms with Crippen molar-refractivity contribution in [3.8, 4) is 0 Å². The highest BCUT2D eigenvalue weighted by atomic mass is 32.2. The molecular formula is C12H17NO2S. The van der Waals surface area contributed by atoms with Crippen molar-refractivity contribution in [2.24, 2.45) is 0 Å². The average molecular weight is 239 g/mol. The Kier molecular flexibility index (Phi) is 5.35. The van der Waals surface area contributed by atoms with E-state index in [1.807, 2.05) is 36.0 Å². The van der Waals surface area contributed by atoms with Gasteiger partial charge in [0.15, 0.2) is 0 Å². The Morgan fingerprint density at radius 1 is 1.38 bits per heavy atom. The molecule has 0 spiro atoms. The van der Waals surface area contributed by atoms with E-state index in [2.05, 4.69) is 6.92 Å². The van der Waals surface area contributed by atoms with Gasteiger partial charge in [-0.15, -0.1) is 0 Å². The molecule has 0 fully saturated rings. The molecule has 88 valence electrons. The van der Waals surface area contributed by atoms with Crippen LogP contribution in [0.4, 0.5) is 0 Å². The number of carbonyl (C=O) groups excluding carboxylic acids is 1. The number of nitrogens with zero attached hydrogens (tertiary/aromatic N) is 1. The van der Waals surface area contributed by atoms with Gasteiger partial charge >= 0.3 is 0 Å². The highest BCUT2D eigenvalue weighted by molar-refractivity contribution is 7.98. The lowest BCUT2D eigenvalue weighted by molar-refractivity contribution is -0.0756. The Morgan fingerprint density at radius 3 is 2.50 bits per heavy atom. The Balaban J connectivity index is 2.67. The molecule has 1 amide bonds. The fourth-order valence-electron chi connectivity index (χ4n) is 1.23. The molecular weight excluding hydrogens is 222 g/mol. The molecule has 1 aromatic rings. The van der Waals surface area contributed by atoms with Crippen molar-refractivity contribution < 1.29 is 9.63 Å². The van der Waals surface area contributed by atoms with Crippen LogP contribution in [-0.4, -0.2) is 30.9 Å². The number of thioether (sulfide) groups is 1. The average Bonchev–Trinajstić information content (AvgIpc) is 2.35. The first-order chi connectivity index (χ1) is 7.69. The van der Waals surface area contributed by atoms with Gasteiger partial charge in [-0.25, -0.2) is 5.06 Å². The SMILES string of the molecule is CCSCc1ccc(C(=O)N(C)OC)cc1. The van der Waals surface area contributed by atoms with Crippen LogP contribution in [0.25, 0.3) is 0 Å². The summed E-state index contributed by atoms with van der Waals surface area (Å²) in [7, 11) is 3.08. The van der Waals surface area contributed by atoms with E-state index in [-0.39, 0.29) is 5.91 Å². The molecule has 4 heteroatoms. The van der Waals surface area contributed by atoms with Gasteiger partial charge < -0.3 is 0 Å². The van der Waals surface area contributed by atoms with E-state index < -0.39 is 0 Å². The Hall–Kier alpha value is -1.00. The second kappa shape index (κ2) is 6.55. The zero-order chi connectivity index (χ0) is 12.0. The minimum absolute atomic E-state index is 0.128. The third-order valence-corrected chi connectivity index (χ3v) is 3.18. The monoisotopic (exact) mass is 239 g/mol. The lowest BCUT2D eigenvalue weighted by Crippen LogP contribution is -2.25. The molecule has 1 rings (SSSR count). The van der Waals surface area contributed by atoms with Crippen LogP contribution in [-0.2, 0) is 10.6 Å². The van der Waals surface area contributed by atoms with Crippen molar-refractivity contribution in [3.05, 3.63) is 35.4 Å². The molecule has 0 radical (unpaired) electrons. The summed E-state index contributed by atoms with van der Waals surface area (Å²) in [5.74, 6) is 1.97. The lowest BCUT2D eigenvalue weighted by atomic mass is 10.1. The second-order valence-corrected chi connectivity index (χ2v) is 4.59. The molecule has 0 atom stereocenters. The summed E-state index contributed by atoms with van der Waals surface area (Å²) in [5.41, 5.74) is 1.89. The first-order valence-electron chi connectivity index (χ1n) is 5.18. The third kappa shape index (κ3) is 3.54. The molecule has 0 aliphatic heterocycles. The maximum atomic E-state index is 11.7. The van der Waals surface area contributed by atoms with E-state index in [9.17, 15) is 4.79 Å². The van der Waals surface area contributed by atoms with Crippen molar-refractivity contribution in [3.63, 3.8) is 0 Å². The number of amides is 1. The summed E-state index contributed by atoms with van der Waals surface area (Å²) in [6.45, 7) is 2.14. The second-order valence-electron chi connectivity index (χ2n) is 3.32. The molecule has 0 saturated carbocycles. The molecule has 0 N–H and O–H groups in total. The number of hydrogen-bond donors (Lipinski definition) is 0. The topological polar surface area (TPSA) is 29.5 Å². The van der Waals surface area contributed by atoms with Crippen LogP contribution in [0.5, 0.6) is 0 Å². The van der Waals surface area contributed by atoms with E-state index in [1.165, 1.54) is 17.7 Å². The van der Waals surface area contributed by atoms with E-state index in [4.69, 9.17) is 4.84 Å². The molecule has 0 aliphatic carbocycles. The van der Waals surface area contributed by atoms with Crippen molar-refractivity contribution in [2.45, 2.75) is 12.7 Å². The summed E-state index contributed by atoms with van der Waals surface area (Å²) in [6, 6.07) is 7.64. The summed E-state index contributed by atoms with van der Waals surface area (Å²) in [6.07, 6.45) is 0. The van der Waals surface area contributed by atoms with Crippen LogP contribution in [0.15, 0.2) is 24.3 Å². The van der Waals surface area contributed by atoms with Gasteiger partial charge in [-0.05, 0) is 23.4 Å². The first-order valence-corrected chi connectivity index (χ1v) is 6.33. The molecule has 3 nitrogen and oxygen atoms in total. The summed E-state index contributed by atoms with van der Waals surface area (Å²) >= 11 is 1.87. The summed E-state index contributed by atoms with van der Waals surface area (Å²) < 4.78 is 0. The number of benzene rings is 1. The van der Waals surface area contributed by atoms with Crippen LogP contribution in [0.3, 0.4) is 0 Å². The fourth-order valence-corrected chi connectivity index (χ4v) is 1.86. The highest BCUT2D eigenvalue weighted by Crippen LogP contribution is 2.13. The number of carbonyl (C=O) groups is 1. The number of hydrogen-bond acceptors (Lipinski definition) is 3. The maximum absolute atomic E-state index is 11.7. The summed E-state index contributed by atoms with van der Waals surface area (Å²) in [4.78, 5) is 16.5. The number of rotatable bonds is 5. The Morgan fingerprint density at radius 2 is 2.00 bits per heavy atom. The van der Waals surface area contributed by atoms with E-state index in [0.29, 0.717) is 5.56 Å². The van der Waals surface area contributed by atoms with E-state index >= 15 is 0 Å². The predicted octanol–water partition coefficient (Wildman–Crippen LogP) is 2.57. The quantitative estimate of drug-likeness (QED) is 0.740. The predicted molar refractivity (Wildman–Crippen MR) is 67.4 cm³/mol. The van der Waals surface area contributed by atoms with Gasteiger partial charge in [-0.2, -0.15) is 11.8 Å². The summed E-state index contributed by atoms with van der Waals surface area (Å²) in [5, 5.41) is 1.22. The van der Waals surface area contributed by atoms with Crippen LogP contribution >= 0.6 is 11.8 Å². The smallest absolute Gasteiger partial charge is 0.274 e. The standard InChI is InChI=1S/C12H17NO2S/c1-4-16-9-10-5-7-11(8-6-10)12(14)13(2)15-3/h5-8H,4,9H2,1-3H3. The van der Waals surface area contributed by atoms with Gasteiger partial charge in [0, 0.05) is 18.4 Å². The molecule has 0 aromatic heterocycles. The third-order valence-electron chi connectivity index (χ3n) is 2.23. The van der Waals surface area contributed by atoms with Gasteiger partial charge in [0.2, 0.25) is 0 Å². The molecule has 0 saturated heterocycles. The van der Waals surface area contributed by atoms with Crippen LogP contribution in [0.1, 0.15) is 22.8 Å². The van der Waals surface area contributed by atoms with Gasteiger partial charge in [0.25, 0.3) is 5.91 Å². The van der Waals surface area contributed by atoms with Crippen LogP contribution in [0, 0.1) is 0 Å². The normalized spacial score (nSPS) is 10.2. The molecule has 0 unspecified atom stereocenters. The van der Waals surface area contributed by atoms with Crippen molar-refractivity contribution in [1.82, 2.24) is 5.06 Å². The molecule has 0 bridgehead atoms. The van der Waals surface area contributed by atoms with Crippen molar-refractivity contribution in [1.29, 1.82) is 0 Å². The zero-order valence-corrected chi connectivity index (χ0v) is 10.7. The number of hydroxylamine groups is 2. The van der Waals surface area contributed by atoms with Gasteiger partial charge in [-0.1, -0.05) is 19.1 Å². The maximum Gasteiger partial charge on any atom is 0.277 e. The molecule has 0 heterocycles. The van der Waals surface area contributed by atoms with E-state index in [1.54, 1.807) is 7.05 Å². The molecule has 0 aliphatic rings. The Labute approximate surface area is 101 Å². The largest absolute Gasteiger partial charge is 0.277 e. The van der Waals surface area contributed by atoms with Crippen LogP contribution < -0.4 is 0 Å². The van der Waals surface area contributed by atoms with Gasteiger partial charge in [-0.3, -0.25) is 9.63 Å². The molecule has 1 aromatic carbocycles. The van der Waals surface area contributed by atoms with E-state index in [0.717, 1.165) is 11.5 Å². The fraction of sp³-hybridized carbons (Fsp3) is 0.417. The minimum Gasteiger partial charge on any atom is -0.274 e.